The lowest BCUT2D eigenvalue weighted by Gasteiger charge is -2.34. The molecule has 1 atom stereocenters. The minimum absolute atomic E-state index is 0.176. The Hall–Kier alpha value is -1.35. The van der Waals surface area contributed by atoms with E-state index >= 15 is 0 Å². The second-order valence-corrected chi connectivity index (χ2v) is 4.79. The van der Waals surface area contributed by atoms with Crippen LogP contribution in [-0.2, 0) is 11.2 Å². The number of nitrogens with zero attached hydrogens (tertiary/aromatic N) is 1. The first-order valence-electron chi connectivity index (χ1n) is 5.88. The van der Waals surface area contributed by atoms with Gasteiger partial charge in [-0.1, -0.05) is 19.1 Å². The molecule has 3 heteroatoms. The highest BCUT2D eigenvalue weighted by atomic mass is 16.3. The molecule has 0 heterocycles. The number of rotatable bonds is 5. The number of likely N-dealkylation sites (N-methyl/N-ethyl adjacent to an activating group) is 1. The lowest BCUT2D eigenvalue weighted by Crippen LogP contribution is -2.48. The Morgan fingerprint density at radius 2 is 2.06 bits per heavy atom. The van der Waals surface area contributed by atoms with Crippen LogP contribution in [0.25, 0.3) is 0 Å². The van der Waals surface area contributed by atoms with Gasteiger partial charge in [0.1, 0.15) is 5.75 Å². The van der Waals surface area contributed by atoms with Crippen LogP contribution in [0.15, 0.2) is 24.3 Å². The van der Waals surface area contributed by atoms with E-state index in [1.54, 1.807) is 18.2 Å². The molecule has 0 aliphatic rings. The van der Waals surface area contributed by atoms with Gasteiger partial charge in [0.25, 0.3) is 0 Å². The van der Waals surface area contributed by atoms with E-state index in [0.717, 1.165) is 12.0 Å². The minimum atomic E-state index is -0.439. The number of phenolic OH excluding ortho intramolecular Hbond substituents is 1. The van der Waals surface area contributed by atoms with E-state index in [-0.39, 0.29) is 11.5 Å². The second kappa shape index (κ2) is 5.32. The maximum absolute atomic E-state index is 12.3. The standard InChI is InChI=1S/C14H21NO2/c1-5-14(2,15(3)4)13(17)10-11-7-6-8-12(16)9-11/h6-9,16H,5,10H2,1-4H3. The first-order chi connectivity index (χ1) is 7.90. The summed E-state index contributed by atoms with van der Waals surface area (Å²) in [5, 5.41) is 9.37. The van der Waals surface area contributed by atoms with Crippen molar-refractivity contribution in [2.45, 2.75) is 32.2 Å². The highest BCUT2D eigenvalue weighted by molar-refractivity contribution is 5.89. The first kappa shape index (κ1) is 13.7. The van der Waals surface area contributed by atoms with Crippen LogP contribution >= 0.6 is 0 Å². The number of carbonyl (C=O) groups is 1. The molecule has 0 aliphatic heterocycles. The summed E-state index contributed by atoms with van der Waals surface area (Å²) in [6.45, 7) is 3.97. The molecule has 3 nitrogen and oxygen atoms in total. The summed E-state index contributed by atoms with van der Waals surface area (Å²) in [6, 6.07) is 6.88. The number of benzene rings is 1. The van der Waals surface area contributed by atoms with E-state index in [2.05, 4.69) is 0 Å². The van der Waals surface area contributed by atoms with Gasteiger partial charge in [-0.05, 0) is 45.1 Å². The smallest absolute Gasteiger partial charge is 0.157 e. The Kier molecular flexibility index (Phi) is 4.29. The van der Waals surface area contributed by atoms with Gasteiger partial charge in [0.2, 0.25) is 0 Å². The van der Waals surface area contributed by atoms with Crippen molar-refractivity contribution < 1.29 is 9.90 Å². The van der Waals surface area contributed by atoms with Gasteiger partial charge in [-0.3, -0.25) is 9.69 Å². The fourth-order valence-electron chi connectivity index (χ4n) is 1.81. The summed E-state index contributed by atoms with van der Waals surface area (Å²) < 4.78 is 0. The zero-order valence-electron chi connectivity index (χ0n) is 11.0. The highest BCUT2D eigenvalue weighted by Gasteiger charge is 2.32. The van der Waals surface area contributed by atoms with Crippen molar-refractivity contribution >= 4 is 5.78 Å². The molecule has 0 radical (unpaired) electrons. The van der Waals surface area contributed by atoms with Gasteiger partial charge in [0, 0.05) is 6.42 Å². The third kappa shape index (κ3) is 3.07. The molecule has 1 rings (SSSR count). The Morgan fingerprint density at radius 3 is 2.53 bits per heavy atom. The van der Waals surface area contributed by atoms with Crippen LogP contribution in [0.3, 0.4) is 0 Å². The number of phenols is 1. The van der Waals surface area contributed by atoms with Crippen LogP contribution in [-0.4, -0.2) is 35.4 Å². The monoisotopic (exact) mass is 235 g/mol. The van der Waals surface area contributed by atoms with Crippen molar-refractivity contribution in [1.29, 1.82) is 0 Å². The van der Waals surface area contributed by atoms with Gasteiger partial charge in [-0.2, -0.15) is 0 Å². The van der Waals surface area contributed by atoms with E-state index in [1.807, 2.05) is 38.9 Å². The van der Waals surface area contributed by atoms with Crippen LogP contribution in [0.2, 0.25) is 0 Å². The van der Waals surface area contributed by atoms with E-state index in [4.69, 9.17) is 0 Å². The molecule has 0 saturated heterocycles. The molecule has 0 fully saturated rings. The maximum Gasteiger partial charge on any atom is 0.157 e. The van der Waals surface area contributed by atoms with Crippen molar-refractivity contribution in [2.75, 3.05) is 14.1 Å². The van der Waals surface area contributed by atoms with E-state index in [1.165, 1.54) is 0 Å². The summed E-state index contributed by atoms with van der Waals surface area (Å²) in [5.41, 5.74) is 0.419. The molecule has 0 aliphatic carbocycles. The van der Waals surface area contributed by atoms with Crippen LogP contribution in [0.1, 0.15) is 25.8 Å². The Labute approximate surface area is 103 Å². The number of ketones is 1. The fourth-order valence-corrected chi connectivity index (χ4v) is 1.81. The molecular weight excluding hydrogens is 214 g/mol. The minimum Gasteiger partial charge on any atom is -0.508 e. The van der Waals surface area contributed by atoms with Crippen LogP contribution < -0.4 is 0 Å². The lowest BCUT2D eigenvalue weighted by atomic mass is 9.88. The van der Waals surface area contributed by atoms with Crippen molar-refractivity contribution in [1.82, 2.24) is 4.90 Å². The zero-order valence-corrected chi connectivity index (χ0v) is 11.0. The largest absolute Gasteiger partial charge is 0.508 e. The molecule has 1 unspecified atom stereocenters. The van der Waals surface area contributed by atoms with Crippen molar-refractivity contribution in [3.8, 4) is 5.75 Å². The molecule has 0 saturated carbocycles. The Morgan fingerprint density at radius 1 is 1.41 bits per heavy atom. The molecule has 0 spiro atoms. The number of carbonyl (C=O) groups excluding carboxylic acids is 1. The summed E-state index contributed by atoms with van der Waals surface area (Å²) in [6.07, 6.45) is 1.13. The number of aromatic hydroxyl groups is 1. The molecule has 1 aromatic carbocycles. The summed E-state index contributed by atoms with van der Waals surface area (Å²) in [4.78, 5) is 14.3. The number of hydrogen-bond donors (Lipinski definition) is 1. The molecule has 0 amide bonds. The molecule has 0 bridgehead atoms. The van der Waals surface area contributed by atoms with E-state index in [0.29, 0.717) is 6.42 Å². The molecule has 0 aromatic heterocycles. The first-order valence-corrected chi connectivity index (χ1v) is 5.88. The topological polar surface area (TPSA) is 40.5 Å². The normalized spacial score (nSPS) is 14.6. The third-order valence-electron chi connectivity index (χ3n) is 3.55. The summed E-state index contributed by atoms with van der Waals surface area (Å²) in [7, 11) is 3.84. The van der Waals surface area contributed by atoms with Crippen LogP contribution in [0, 0.1) is 0 Å². The van der Waals surface area contributed by atoms with Crippen LogP contribution in [0.4, 0.5) is 0 Å². The quantitative estimate of drug-likeness (QED) is 0.851. The predicted octanol–water partition coefficient (Wildman–Crippen LogP) is 2.23. The third-order valence-corrected chi connectivity index (χ3v) is 3.55. The van der Waals surface area contributed by atoms with Gasteiger partial charge in [-0.15, -0.1) is 0 Å². The number of hydrogen-bond acceptors (Lipinski definition) is 3. The predicted molar refractivity (Wildman–Crippen MR) is 69.2 cm³/mol. The molecule has 94 valence electrons. The Balaban J connectivity index is 2.85. The summed E-state index contributed by atoms with van der Waals surface area (Å²) in [5.74, 6) is 0.383. The van der Waals surface area contributed by atoms with Crippen molar-refractivity contribution in [2.24, 2.45) is 0 Å². The van der Waals surface area contributed by atoms with Gasteiger partial charge in [0.15, 0.2) is 5.78 Å². The molecule has 1 N–H and O–H groups in total. The van der Waals surface area contributed by atoms with Gasteiger partial charge in [-0.25, -0.2) is 0 Å². The van der Waals surface area contributed by atoms with Gasteiger partial charge >= 0.3 is 0 Å². The average Bonchev–Trinajstić information content (AvgIpc) is 2.27. The maximum atomic E-state index is 12.3. The Bertz CT molecular complexity index is 401. The number of Topliss-reactive ketones (excluding diaryl/α,β-unsaturated/α-hetero) is 1. The SMILES string of the molecule is CCC(C)(C(=O)Cc1cccc(O)c1)N(C)C. The van der Waals surface area contributed by atoms with Gasteiger partial charge < -0.3 is 5.11 Å². The van der Waals surface area contributed by atoms with E-state index < -0.39 is 5.54 Å². The van der Waals surface area contributed by atoms with Gasteiger partial charge in [0.05, 0.1) is 5.54 Å². The average molecular weight is 235 g/mol. The molecule has 17 heavy (non-hydrogen) atoms. The second-order valence-electron chi connectivity index (χ2n) is 4.79. The van der Waals surface area contributed by atoms with Crippen molar-refractivity contribution in [3.63, 3.8) is 0 Å². The van der Waals surface area contributed by atoms with Crippen LogP contribution in [0.5, 0.6) is 5.75 Å². The van der Waals surface area contributed by atoms with E-state index in [9.17, 15) is 9.90 Å². The summed E-state index contributed by atoms with van der Waals surface area (Å²) >= 11 is 0. The lowest BCUT2D eigenvalue weighted by molar-refractivity contribution is -0.128. The van der Waals surface area contributed by atoms with Crippen molar-refractivity contribution in [3.05, 3.63) is 29.8 Å². The fraction of sp³-hybridized carbons (Fsp3) is 0.500. The molecule has 1 aromatic rings. The zero-order chi connectivity index (χ0) is 13.1. The highest BCUT2D eigenvalue weighted by Crippen LogP contribution is 2.21. The molecular formula is C14H21NO2.